The van der Waals surface area contributed by atoms with E-state index in [0.29, 0.717) is 12.8 Å². The van der Waals surface area contributed by atoms with Crippen molar-refractivity contribution in [2.24, 2.45) is 10.8 Å². The average molecular weight is 442 g/mol. The van der Waals surface area contributed by atoms with Crippen molar-refractivity contribution in [3.63, 3.8) is 0 Å². The number of hydrogen-bond donors (Lipinski definition) is 0. The van der Waals surface area contributed by atoms with Gasteiger partial charge >= 0.3 is 11.9 Å². The van der Waals surface area contributed by atoms with Crippen molar-refractivity contribution >= 4 is 17.6 Å². The third-order valence-corrected chi connectivity index (χ3v) is 7.58. The second kappa shape index (κ2) is 8.07. The molecule has 1 heterocycles. The maximum absolute atomic E-state index is 13.7. The van der Waals surface area contributed by atoms with Gasteiger partial charge < -0.3 is 14.4 Å². The standard InChI is InChI=1S/C28H27NO4/c1-32-25(30)27-18-19-28(27,26(31)33-2)24(21-14-8-4-9-15-21)29(22-16-10-5-11-17-22)23(27)20-12-6-3-7-13-20/h3-17,23-24H,18-19H2,1-2H3/t23-,24-,27-,28+/m1/s1. The first-order valence-corrected chi connectivity index (χ1v) is 11.2. The van der Waals surface area contributed by atoms with Gasteiger partial charge in [-0.2, -0.15) is 0 Å². The molecule has 0 unspecified atom stereocenters. The van der Waals surface area contributed by atoms with Crippen LogP contribution in [-0.4, -0.2) is 26.2 Å². The van der Waals surface area contributed by atoms with E-state index in [0.717, 1.165) is 16.8 Å². The molecule has 33 heavy (non-hydrogen) atoms. The molecule has 1 saturated carbocycles. The Bertz CT molecular complexity index is 1080. The first kappa shape index (κ1) is 21.3. The third-order valence-electron chi connectivity index (χ3n) is 7.58. The van der Waals surface area contributed by atoms with Gasteiger partial charge in [-0.1, -0.05) is 78.9 Å². The lowest BCUT2D eigenvalue weighted by atomic mass is 9.45. The number of para-hydroxylation sites is 1. The minimum absolute atomic E-state index is 0.368. The van der Waals surface area contributed by atoms with E-state index in [1.807, 2.05) is 91.0 Å². The largest absolute Gasteiger partial charge is 0.468 e. The Hall–Kier alpha value is -3.60. The zero-order valence-corrected chi connectivity index (χ0v) is 18.8. The van der Waals surface area contributed by atoms with Crippen LogP contribution in [0.5, 0.6) is 0 Å². The van der Waals surface area contributed by atoms with E-state index in [-0.39, 0.29) is 11.9 Å². The number of nitrogens with zero attached hydrogens (tertiary/aromatic N) is 1. The molecule has 1 aliphatic heterocycles. The van der Waals surface area contributed by atoms with E-state index < -0.39 is 22.9 Å². The lowest BCUT2D eigenvalue weighted by molar-refractivity contribution is -0.195. The predicted molar refractivity (Wildman–Crippen MR) is 125 cm³/mol. The summed E-state index contributed by atoms with van der Waals surface area (Å²) < 4.78 is 10.9. The van der Waals surface area contributed by atoms with E-state index in [1.165, 1.54) is 14.2 Å². The van der Waals surface area contributed by atoms with Gasteiger partial charge in [-0.25, -0.2) is 0 Å². The molecule has 0 N–H and O–H groups in total. The van der Waals surface area contributed by atoms with Crippen molar-refractivity contribution in [1.82, 2.24) is 0 Å². The molecular weight excluding hydrogens is 414 g/mol. The summed E-state index contributed by atoms with van der Waals surface area (Å²) in [5.41, 5.74) is 0.733. The molecule has 5 nitrogen and oxygen atoms in total. The number of methoxy groups -OCH3 is 2. The molecule has 2 fully saturated rings. The van der Waals surface area contributed by atoms with Crippen LogP contribution in [0.2, 0.25) is 0 Å². The van der Waals surface area contributed by atoms with Crippen molar-refractivity contribution in [3.05, 3.63) is 102 Å². The lowest BCUT2D eigenvalue weighted by Crippen LogP contribution is -2.61. The SMILES string of the molecule is COC(=O)[C@]12CC[C@@]1(C(=O)OC)[C@@H](c1ccccc1)N(c1ccccc1)[C@@H]2c1ccccc1. The summed E-state index contributed by atoms with van der Waals surface area (Å²) in [6, 6.07) is 29.1. The summed E-state index contributed by atoms with van der Waals surface area (Å²) in [5.74, 6) is -0.736. The fourth-order valence-electron chi connectivity index (χ4n) is 6.26. The summed E-state index contributed by atoms with van der Waals surface area (Å²) in [5, 5.41) is 0. The van der Waals surface area contributed by atoms with Gasteiger partial charge in [0.2, 0.25) is 0 Å². The smallest absolute Gasteiger partial charge is 0.315 e. The number of carbonyl (C=O) groups excluding carboxylic acids is 2. The van der Waals surface area contributed by atoms with Crippen LogP contribution in [0.3, 0.4) is 0 Å². The predicted octanol–water partition coefficient (Wildman–Crippen LogP) is 5.10. The number of carbonyl (C=O) groups is 2. The second-order valence-electron chi connectivity index (χ2n) is 8.80. The van der Waals surface area contributed by atoms with Crippen molar-refractivity contribution in [1.29, 1.82) is 0 Å². The van der Waals surface area contributed by atoms with E-state index in [1.54, 1.807) is 0 Å². The molecule has 0 radical (unpaired) electrons. The Morgan fingerprint density at radius 3 is 1.36 bits per heavy atom. The topological polar surface area (TPSA) is 55.8 Å². The van der Waals surface area contributed by atoms with Crippen LogP contribution >= 0.6 is 0 Å². The molecule has 0 aromatic heterocycles. The lowest BCUT2D eigenvalue weighted by Gasteiger charge is -2.53. The van der Waals surface area contributed by atoms with Gasteiger partial charge in [-0.3, -0.25) is 9.59 Å². The highest BCUT2D eigenvalue weighted by Crippen LogP contribution is 2.77. The van der Waals surface area contributed by atoms with Crippen LogP contribution in [0.15, 0.2) is 91.0 Å². The summed E-state index contributed by atoms with van der Waals surface area (Å²) in [7, 11) is 2.81. The average Bonchev–Trinajstić information content (AvgIpc) is 3.06. The van der Waals surface area contributed by atoms with Gasteiger partial charge in [0.25, 0.3) is 0 Å². The van der Waals surface area contributed by atoms with Crippen LogP contribution in [0.4, 0.5) is 5.69 Å². The second-order valence-corrected chi connectivity index (χ2v) is 8.80. The van der Waals surface area contributed by atoms with Crippen LogP contribution < -0.4 is 4.90 Å². The van der Waals surface area contributed by atoms with E-state index in [2.05, 4.69) is 4.90 Å². The van der Waals surface area contributed by atoms with E-state index >= 15 is 0 Å². The van der Waals surface area contributed by atoms with Crippen LogP contribution in [0.25, 0.3) is 0 Å². The molecule has 0 bridgehead atoms. The molecule has 5 rings (SSSR count). The van der Waals surface area contributed by atoms with E-state index in [4.69, 9.17) is 9.47 Å². The maximum Gasteiger partial charge on any atom is 0.315 e. The highest BCUT2D eigenvalue weighted by Gasteiger charge is 2.81. The number of benzene rings is 3. The molecule has 168 valence electrons. The minimum Gasteiger partial charge on any atom is -0.468 e. The third kappa shape index (κ3) is 2.78. The Morgan fingerprint density at radius 2 is 1.03 bits per heavy atom. The molecule has 4 atom stereocenters. The summed E-state index contributed by atoms with van der Waals surface area (Å²) in [6.45, 7) is 0. The number of fused-ring (bicyclic) bond motifs is 1. The van der Waals surface area contributed by atoms with Crippen LogP contribution in [0, 0.1) is 10.8 Å². The van der Waals surface area contributed by atoms with Crippen LogP contribution in [0.1, 0.15) is 36.1 Å². The first-order chi connectivity index (χ1) is 16.1. The summed E-state index contributed by atoms with van der Waals surface area (Å²) in [6.07, 6.45) is 1.09. The maximum atomic E-state index is 13.7. The molecule has 0 spiro atoms. The Morgan fingerprint density at radius 1 is 0.667 bits per heavy atom. The zero-order valence-electron chi connectivity index (χ0n) is 18.8. The highest BCUT2D eigenvalue weighted by molar-refractivity contribution is 5.95. The summed E-state index contributed by atoms with van der Waals surface area (Å²) >= 11 is 0. The zero-order chi connectivity index (χ0) is 23.1. The van der Waals surface area contributed by atoms with Gasteiger partial charge in [0.05, 0.1) is 26.3 Å². The first-order valence-electron chi connectivity index (χ1n) is 11.2. The minimum atomic E-state index is -1.08. The normalized spacial score (nSPS) is 27.9. The van der Waals surface area contributed by atoms with Gasteiger partial charge in [-0.15, -0.1) is 0 Å². The van der Waals surface area contributed by atoms with Crippen molar-refractivity contribution in [2.45, 2.75) is 24.9 Å². The summed E-state index contributed by atoms with van der Waals surface area (Å²) in [4.78, 5) is 29.6. The van der Waals surface area contributed by atoms with Crippen LogP contribution in [-0.2, 0) is 19.1 Å². The van der Waals surface area contributed by atoms with Gasteiger partial charge in [-0.05, 0) is 36.1 Å². The molecular formula is C28H27NO4. The molecule has 3 aromatic carbocycles. The Balaban J connectivity index is 1.87. The number of esters is 2. The number of rotatable bonds is 5. The number of ether oxygens (including phenoxy) is 2. The number of anilines is 1. The molecule has 0 amide bonds. The molecule has 1 aliphatic carbocycles. The highest BCUT2D eigenvalue weighted by atomic mass is 16.5. The van der Waals surface area contributed by atoms with Crippen molar-refractivity contribution < 1.29 is 19.1 Å². The van der Waals surface area contributed by atoms with Gasteiger partial charge in [0.1, 0.15) is 10.8 Å². The Labute approximate surface area is 193 Å². The molecule has 3 aromatic rings. The Kier molecular flexibility index (Phi) is 5.20. The molecule has 2 aliphatic rings. The van der Waals surface area contributed by atoms with E-state index in [9.17, 15) is 9.59 Å². The molecule has 5 heteroatoms. The van der Waals surface area contributed by atoms with Crippen molar-refractivity contribution in [2.75, 3.05) is 19.1 Å². The monoisotopic (exact) mass is 441 g/mol. The van der Waals surface area contributed by atoms with Gasteiger partial charge in [0, 0.05) is 5.69 Å². The quantitative estimate of drug-likeness (QED) is 0.516. The number of hydrogen-bond acceptors (Lipinski definition) is 5. The van der Waals surface area contributed by atoms with Crippen molar-refractivity contribution in [3.8, 4) is 0 Å². The van der Waals surface area contributed by atoms with Gasteiger partial charge in [0.15, 0.2) is 0 Å². The fraction of sp³-hybridized carbons (Fsp3) is 0.286. The fourth-order valence-corrected chi connectivity index (χ4v) is 6.26. The molecule has 1 saturated heterocycles.